The van der Waals surface area contributed by atoms with Gasteiger partial charge in [-0.2, -0.15) is 0 Å². The Hall–Kier alpha value is -1.44. The summed E-state index contributed by atoms with van der Waals surface area (Å²) in [6, 6.07) is 3.49. The third-order valence-electron chi connectivity index (χ3n) is 3.23. The fraction of sp³-hybridized carbons (Fsp3) is 0.462. The average molecular weight is 301 g/mol. The highest BCUT2D eigenvalue weighted by molar-refractivity contribution is 7.89. The van der Waals surface area contributed by atoms with Crippen molar-refractivity contribution in [2.75, 3.05) is 6.61 Å². The molecule has 0 aromatic heterocycles. The molecule has 2 unspecified atom stereocenters. The predicted molar refractivity (Wildman–Crippen MR) is 74.2 cm³/mol. The van der Waals surface area contributed by atoms with Crippen LogP contribution < -0.4 is 4.72 Å². The molecule has 0 saturated carbocycles. The van der Waals surface area contributed by atoms with Crippen molar-refractivity contribution in [3.8, 4) is 0 Å². The summed E-state index contributed by atoms with van der Waals surface area (Å²) in [6.07, 6.45) is 0. The van der Waals surface area contributed by atoms with Crippen LogP contribution in [0.2, 0.25) is 0 Å². The van der Waals surface area contributed by atoms with Gasteiger partial charge in [0, 0.05) is 12.6 Å². The van der Waals surface area contributed by atoms with Crippen molar-refractivity contribution >= 4 is 16.0 Å². The van der Waals surface area contributed by atoms with E-state index in [9.17, 15) is 13.2 Å². The number of aryl methyl sites for hydroxylation is 1. The van der Waals surface area contributed by atoms with E-state index in [1.54, 1.807) is 20.8 Å². The van der Waals surface area contributed by atoms with Crippen LogP contribution in [-0.2, 0) is 10.0 Å². The van der Waals surface area contributed by atoms with Crippen LogP contribution in [0.4, 0.5) is 0 Å². The van der Waals surface area contributed by atoms with Gasteiger partial charge in [0.25, 0.3) is 0 Å². The SMILES string of the molecule is Cc1ccc(S(=O)(=O)NC(C)C(C)CO)cc1C(=O)O. The van der Waals surface area contributed by atoms with E-state index in [0.29, 0.717) is 5.56 Å². The van der Waals surface area contributed by atoms with E-state index in [1.165, 1.54) is 12.1 Å². The Morgan fingerprint density at radius 1 is 1.35 bits per heavy atom. The molecule has 0 spiro atoms. The first-order chi connectivity index (χ1) is 9.19. The van der Waals surface area contributed by atoms with Gasteiger partial charge < -0.3 is 10.2 Å². The van der Waals surface area contributed by atoms with E-state index in [2.05, 4.69) is 4.72 Å². The van der Waals surface area contributed by atoms with Gasteiger partial charge in [-0.15, -0.1) is 0 Å². The second kappa shape index (κ2) is 6.34. The second-order valence-corrected chi connectivity index (χ2v) is 6.57. The summed E-state index contributed by atoms with van der Waals surface area (Å²) in [6.45, 7) is 4.82. The Kier molecular flexibility index (Phi) is 5.27. The van der Waals surface area contributed by atoms with E-state index in [1.807, 2.05) is 0 Å². The molecule has 112 valence electrons. The summed E-state index contributed by atoms with van der Waals surface area (Å²) < 4.78 is 26.8. The molecule has 0 aliphatic heterocycles. The van der Waals surface area contributed by atoms with E-state index >= 15 is 0 Å². The second-order valence-electron chi connectivity index (χ2n) is 4.85. The smallest absolute Gasteiger partial charge is 0.335 e. The highest BCUT2D eigenvalue weighted by atomic mass is 32.2. The number of hydrogen-bond donors (Lipinski definition) is 3. The third-order valence-corrected chi connectivity index (χ3v) is 4.79. The molecule has 1 aromatic rings. The Bertz CT molecular complexity index is 597. The normalized spacial score (nSPS) is 14.8. The summed E-state index contributed by atoms with van der Waals surface area (Å²) in [5.41, 5.74) is 0.448. The van der Waals surface area contributed by atoms with Gasteiger partial charge in [0.2, 0.25) is 10.0 Å². The van der Waals surface area contributed by atoms with Crippen molar-refractivity contribution in [3.63, 3.8) is 0 Å². The monoisotopic (exact) mass is 301 g/mol. The molecule has 1 rings (SSSR count). The molecule has 0 aliphatic carbocycles. The average Bonchev–Trinajstić information content (AvgIpc) is 2.36. The highest BCUT2D eigenvalue weighted by Gasteiger charge is 2.22. The number of benzene rings is 1. The summed E-state index contributed by atoms with van der Waals surface area (Å²) in [5.74, 6) is -1.41. The van der Waals surface area contributed by atoms with Crippen LogP contribution in [0, 0.1) is 12.8 Å². The molecule has 0 heterocycles. The summed E-state index contributed by atoms with van der Waals surface area (Å²) in [4.78, 5) is 10.9. The van der Waals surface area contributed by atoms with Gasteiger partial charge in [-0.25, -0.2) is 17.9 Å². The number of aromatic carboxylic acids is 1. The molecule has 0 bridgehead atoms. The Morgan fingerprint density at radius 3 is 2.45 bits per heavy atom. The largest absolute Gasteiger partial charge is 0.478 e. The summed E-state index contributed by atoms with van der Waals surface area (Å²) in [7, 11) is -3.81. The van der Waals surface area contributed by atoms with Gasteiger partial charge in [0.05, 0.1) is 10.5 Å². The number of aliphatic hydroxyl groups excluding tert-OH is 1. The molecule has 3 N–H and O–H groups in total. The number of carboxylic acids is 1. The van der Waals surface area contributed by atoms with Crippen LogP contribution in [0.1, 0.15) is 29.8 Å². The number of aliphatic hydroxyl groups is 1. The first kappa shape index (κ1) is 16.6. The van der Waals surface area contributed by atoms with E-state index in [-0.39, 0.29) is 23.0 Å². The molecule has 20 heavy (non-hydrogen) atoms. The quantitative estimate of drug-likeness (QED) is 0.727. The molecule has 2 atom stereocenters. The molecule has 0 aliphatic rings. The number of sulfonamides is 1. The standard InChI is InChI=1S/C13H19NO5S/c1-8-4-5-11(6-12(8)13(16)17)20(18,19)14-10(3)9(2)7-15/h4-6,9-10,14-15H,7H2,1-3H3,(H,16,17). The third kappa shape index (κ3) is 3.78. The molecule has 0 saturated heterocycles. The lowest BCUT2D eigenvalue weighted by atomic mass is 10.1. The molecule has 7 heteroatoms. The first-order valence-electron chi connectivity index (χ1n) is 6.16. The lowest BCUT2D eigenvalue weighted by Gasteiger charge is -2.19. The van der Waals surface area contributed by atoms with Gasteiger partial charge >= 0.3 is 5.97 Å². The maximum absolute atomic E-state index is 12.2. The minimum Gasteiger partial charge on any atom is -0.478 e. The zero-order chi connectivity index (χ0) is 15.5. The Balaban J connectivity index is 3.10. The van der Waals surface area contributed by atoms with Crippen molar-refractivity contribution in [3.05, 3.63) is 29.3 Å². The fourth-order valence-electron chi connectivity index (χ4n) is 1.59. The van der Waals surface area contributed by atoms with Gasteiger partial charge in [-0.05, 0) is 37.5 Å². The highest BCUT2D eigenvalue weighted by Crippen LogP contribution is 2.17. The maximum Gasteiger partial charge on any atom is 0.335 e. The molecule has 0 fully saturated rings. The number of nitrogens with one attached hydrogen (secondary N) is 1. The van der Waals surface area contributed by atoms with Gasteiger partial charge in [-0.3, -0.25) is 0 Å². The van der Waals surface area contributed by atoms with Crippen molar-refractivity contribution < 1.29 is 23.4 Å². The Morgan fingerprint density at radius 2 is 1.95 bits per heavy atom. The van der Waals surface area contributed by atoms with Crippen LogP contribution in [0.5, 0.6) is 0 Å². The van der Waals surface area contributed by atoms with Crippen LogP contribution in [0.25, 0.3) is 0 Å². The van der Waals surface area contributed by atoms with Crippen LogP contribution in [-0.4, -0.2) is 37.2 Å². The summed E-state index contributed by atoms with van der Waals surface area (Å²) in [5, 5.41) is 18.0. The Labute approximate surface area is 118 Å². The topological polar surface area (TPSA) is 104 Å². The van der Waals surface area contributed by atoms with Crippen LogP contribution in [0.15, 0.2) is 23.1 Å². The van der Waals surface area contributed by atoms with Gasteiger partial charge in [-0.1, -0.05) is 13.0 Å². The zero-order valence-corrected chi connectivity index (χ0v) is 12.4. The van der Waals surface area contributed by atoms with Crippen molar-refractivity contribution in [1.82, 2.24) is 4.72 Å². The van der Waals surface area contributed by atoms with E-state index in [0.717, 1.165) is 6.07 Å². The maximum atomic E-state index is 12.2. The van der Waals surface area contributed by atoms with E-state index in [4.69, 9.17) is 10.2 Å². The number of rotatable bonds is 6. The lowest BCUT2D eigenvalue weighted by Crippen LogP contribution is -2.38. The van der Waals surface area contributed by atoms with Crippen molar-refractivity contribution in [2.24, 2.45) is 5.92 Å². The van der Waals surface area contributed by atoms with Gasteiger partial charge in [0.1, 0.15) is 0 Å². The number of carbonyl (C=O) groups is 1. The number of hydrogen-bond acceptors (Lipinski definition) is 4. The molecule has 0 radical (unpaired) electrons. The van der Waals surface area contributed by atoms with Crippen molar-refractivity contribution in [2.45, 2.75) is 31.7 Å². The van der Waals surface area contributed by atoms with E-state index < -0.39 is 22.0 Å². The molecule has 1 aromatic carbocycles. The molecular weight excluding hydrogens is 282 g/mol. The molecule has 0 amide bonds. The molecular formula is C13H19NO5S. The molecule has 6 nitrogen and oxygen atoms in total. The number of carboxylic acid groups (broad SMARTS) is 1. The van der Waals surface area contributed by atoms with Crippen LogP contribution in [0.3, 0.4) is 0 Å². The minimum absolute atomic E-state index is 0.0456. The van der Waals surface area contributed by atoms with Crippen molar-refractivity contribution in [1.29, 1.82) is 0 Å². The fourth-order valence-corrected chi connectivity index (χ4v) is 2.96. The summed E-state index contributed by atoms with van der Waals surface area (Å²) >= 11 is 0. The lowest BCUT2D eigenvalue weighted by molar-refractivity contribution is 0.0696. The predicted octanol–water partition coefficient (Wildman–Crippen LogP) is 0.988. The minimum atomic E-state index is -3.81. The zero-order valence-electron chi connectivity index (χ0n) is 11.6. The van der Waals surface area contributed by atoms with Gasteiger partial charge in [0.15, 0.2) is 0 Å². The van der Waals surface area contributed by atoms with Crippen LogP contribution >= 0.6 is 0 Å². The first-order valence-corrected chi connectivity index (χ1v) is 7.64.